The van der Waals surface area contributed by atoms with Gasteiger partial charge in [0.1, 0.15) is 11.5 Å². The van der Waals surface area contributed by atoms with E-state index in [1.807, 2.05) is 6.92 Å². The monoisotopic (exact) mass is 424 g/mol. The maximum absolute atomic E-state index is 12.9. The van der Waals surface area contributed by atoms with Crippen LogP contribution in [0, 0.1) is 6.92 Å². The van der Waals surface area contributed by atoms with Crippen LogP contribution in [-0.4, -0.2) is 53.5 Å². The highest BCUT2D eigenvalue weighted by molar-refractivity contribution is 6.46. The summed E-state index contributed by atoms with van der Waals surface area (Å²) in [5, 5.41) is 11.1. The Morgan fingerprint density at radius 1 is 1.23 bits per heavy atom. The van der Waals surface area contributed by atoms with Gasteiger partial charge in [0.15, 0.2) is 0 Å². The van der Waals surface area contributed by atoms with E-state index in [4.69, 9.17) is 9.47 Å². The van der Waals surface area contributed by atoms with Gasteiger partial charge in [0.05, 0.1) is 24.8 Å². The lowest BCUT2D eigenvalue weighted by Crippen LogP contribution is -2.32. The second kappa shape index (κ2) is 10.2. The minimum atomic E-state index is -0.732. The zero-order chi connectivity index (χ0) is 22.4. The van der Waals surface area contributed by atoms with Crippen molar-refractivity contribution in [2.24, 2.45) is 0 Å². The normalized spacial score (nSPS) is 17.9. The Morgan fingerprint density at radius 2 is 2.03 bits per heavy atom. The van der Waals surface area contributed by atoms with Gasteiger partial charge in [-0.1, -0.05) is 19.4 Å². The van der Waals surface area contributed by atoms with Crippen molar-refractivity contribution in [3.8, 4) is 5.75 Å². The van der Waals surface area contributed by atoms with Crippen LogP contribution >= 0.6 is 0 Å². The average Bonchev–Trinajstić information content (AvgIpc) is 3.03. The number of ether oxygens (including phenoxy) is 2. The highest BCUT2D eigenvalue weighted by Gasteiger charge is 2.46. The number of benzene rings is 1. The van der Waals surface area contributed by atoms with E-state index in [1.54, 1.807) is 42.7 Å². The molecule has 7 nitrogen and oxygen atoms in total. The fourth-order valence-corrected chi connectivity index (χ4v) is 3.63. The summed E-state index contributed by atoms with van der Waals surface area (Å²) >= 11 is 0. The molecule has 2 heterocycles. The van der Waals surface area contributed by atoms with Crippen molar-refractivity contribution >= 4 is 17.4 Å². The van der Waals surface area contributed by atoms with Gasteiger partial charge < -0.3 is 19.5 Å². The number of carbonyl (C=O) groups excluding carboxylic acids is 2. The highest BCUT2D eigenvalue weighted by Crippen LogP contribution is 2.39. The van der Waals surface area contributed by atoms with Crippen LogP contribution in [-0.2, 0) is 14.3 Å². The van der Waals surface area contributed by atoms with Crippen molar-refractivity contribution in [2.45, 2.75) is 32.7 Å². The Hall–Kier alpha value is -3.19. The van der Waals surface area contributed by atoms with Gasteiger partial charge in [0.25, 0.3) is 11.7 Å². The number of aliphatic hydroxyl groups is 1. The number of rotatable bonds is 9. The second-order valence-corrected chi connectivity index (χ2v) is 7.45. The van der Waals surface area contributed by atoms with Crippen LogP contribution in [0.2, 0.25) is 0 Å². The van der Waals surface area contributed by atoms with E-state index in [-0.39, 0.29) is 24.5 Å². The lowest BCUT2D eigenvalue weighted by Gasteiger charge is -2.24. The van der Waals surface area contributed by atoms with Crippen molar-refractivity contribution in [1.29, 1.82) is 0 Å². The van der Waals surface area contributed by atoms with Gasteiger partial charge in [-0.3, -0.25) is 14.6 Å². The Morgan fingerprint density at radius 3 is 2.68 bits per heavy atom. The number of Topliss-reactive ketones (excluding diaryl/α,β-unsaturated/α-hetero) is 1. The SMILES string of the molecule is CCCCOc1ccc(C(O)=C2C(=O)C(=O)N(CCOC)C2c2cccnc2)cc1C. The molecule has 1 fully saturated rings. The molecule has 1 aliphatic rings. The standard InChI is InChI=1S/C24H28N2O5/c1-4-5-12-31-19-9-8-17(14-16(19)2)22(27)20-21(18-7-6-10-25-15-18)26(11-13-30-3)24(29)23(20)28/h6-10,14-15,21,27H,4-5,11-13H2,1-3H3. The molecule has 1 unspecified atom stereocenters. The van der Waals surface area contributed by atoms with Gasteiger partial charge in [-0.05, 0) is 48.7 Å². The number of hydrogen-bond donors (Lipinski definition) is 1. The largest absolute Gasteiger partial charge is 0.507 e. The highest BCUT2D eigenvalue weighted by atomic mass is 16.5. The molecule has 31 heavy (non-hydrogen) atoms. The van der Waals surface area contributed by atoms with E-state index in [0.29, 0.717) is 17.7 Å². The number of carbonyl (C=O) groups is 2. The number of likely N-dealkylation sites (tertiary alicyclic amines) is 1. The number of hydrogen-bond acceptors (Lipinski definition) is 6. The van der Waals surface area contributed by atoms with Crippen LogP contribution in [0.3, 0.4) is 0 Å². The molecule has 7 heteroatoms. The first-order valence-corrected chi connectivity index (χ1v) is 10.4. The van der Waals surface area contributed by atoms with Crippen molar-refractivity contribution in [2.75, 3.05) is 26.9 Å². The topological polar surface area (TPSA) is 89.0 Å². The van der Waals surface area contributed by atoms with E-state index in [1.165, 1.54) is 12.0 Å². The number of aliphatic hydroxyl groups excluding tert-OH is 1. The van der Waals surface area contributed by atoms with E-state index in [9.17, 15) is 14.7 Å². The van der Waals surface area contributed by atoms with Crippen LogP contribution in [0.15, 0.2) is 48.3 Å². The first-order chi connectivity index (χ1) is 15.0. The van der Waals surface area contributed by atoms with Gasteiger partial charge in [0.2, 0.25) is 0 Å². The third-order valence-electron chi connectivity index (χ3n) is 5.28. The second-order valence-electron chi connectivity index (χ2n) is 7.45. The summed E-state index contributed by atoms with van der Waals surface area (Å²) in [5.41, 5.74) is 1.99. The molecule has 0 radical (unpaired) electrons. The quantitative estimate of drug-likeness (QED) is 0.286. The van der Waals surface area contributed by atoms with Crippen molar-refractivity contribution in [3.05, 3.63) is 65.0 Å². The predicted molar refractivity (Wildman–Crippen MR) is 117 cm³/mol. The van der Waals surface area contributed by atoms with E-state index in [0.717, 1.165) is 24.2 Å². The molecule has 1 aromatic carbocycles. The van der Waals surface area contributed by atoms with E-state index >= 15 is 0 Å². The van der Waals surface area contributed by atoms with Gasteiger partial charge in [0, 0.05) is 31.6 Å². The summed E-state index contributed by atoms with van der Waals surface area (Å²) in [7, 11) is 1.53. The number of aromatic nitrogens is 1. The molecule has 0 saturated carbocycles. The molecule has 0 bridgehead atoms. The molecule has 3 rings (SSSR count). The summed E-state index contributed by atoms with van der Waals surface area (Å²) in [6, 6.07) is 8.03. The van der Waals surface area contributed by atoms with Crippen molar-refractivity contribution < 1.29 is 24.2 Å². The summed E-state index contributed by atoms with van der Waals surface area (Å²) in [4.78, 5) is 31.2. The number of unbranched alkanes of at least 4 members (excludes halogenated alkanes) is 1. The smallest absolute Gasteiger partial charge is 0.295 e. The number of amides is 1. The lowest BCUT2D eigenvalue weighted by atomic mass is 9.95. The number of nitrogens with zero attached hydrogens (tertiary/aromatic N) is 2. The molecule has 0 spiro atoms. The summed E-state index contributed by atoms with van der Waals surface area (Å²) in [6.07, 6.45) is 5.21. The Kier molecular flexibility index (Phi) is 7.41. The maximum atomic E-state index is 12.9. The molecule has 2 aromatic rings. The molecule has 1 aliphatic heterocycles. The first kappa shape index (κ1) is 22.5. The molecule has 1 saturated heterocycles. The van der Waals surface area contributed by atoms with E-state index in [2.05, 4.69) is 11.9 Å². The Labute approximate surface area is 182 Å². The van der Waals surface area contributed by atoms with Crippen LogP contribution < -0.4 is 4.74 Å². The minimum Gasteiger partial charge on any atom is -0.507 e. The summed E-state index contributed by atoms with van der Waals surface area (Å²) in [6.45, 7) is 5.09. The number of methoxy groups -OCH3 is 1. The molecule has 1 atom stereocenters. The Balaban J connectivity index is 2.03. The van der Waals surface area contributed by atoms with E-state index < -0.39 is 17.7 Å². The number of aryl methyl sites for hydroxylation is 1. The third-order valence-corrected chi connectivity index (χ3v) is 5.28. The molecule has 1 aromatic heterocycles. The molecule has 1 amide bonds. The zero-order valence-corrected chi connectivity index (χ0v) is 18.1. The Bertz CT molecular complexity index is 971. The predicted octanol–water partition coefficient (Wildman–Crippen LogP) is 3.64. The molecular formula is C24H28N2O5. The molecular weight excluding hydrogens is 396 g/mol. The fourth-order valence-electron chi connectivity index (χ4n) is 3.63. The third kappa shape index (κ3) is 4.77. The minimum absolute atomic E-state index is 0.0492. The van der Waals surface area contributed by atoms with Crippen LogP contribution in [0.4, 0.5) is 0 Å². The lowest BCUT2D eigenvalue weighted by molar-refractivity contribution is -0.140. The zero-order valence-electron chi connectivity index (χ0n) is 18.1. The molecule has 164 valence electrons. The number of ketones is 1. The van der Waals surface area contributed by atoms with Crippen LogP contribution in [0.1, 0.15) is 42.5 Å². The van der Waals surface area contributed by atoms with Gasteiger partial charge in [-0.2, -0.15) is 0 Å². The fraction of sp³-hybridized carbons (Fsp3) is 0.375. The van der Waals surface area contributed by atoms with Gasteiger partial charge >= 0.3 is 0 Å². The average molecular weight is 424 g/mol. The van der Waals surface area contributed by atoms with Crippen molar-refractivity contribution in [3.63, 3.8) is 0 Å². The van der Waals surface area contributed by atoms with Crippen LogP contribution in [0.5, 0.6) is 5.75 Å². The van der Waals surface area contributed by atoms with Gasteiger partial charge in [-0.25, -0.2) is 0 Å². The molecule has 1 N–H and O–H groups in total. The summed E-state index contributed by atoms with van der Waals surface area (Å²) < 4.78 is 10.9. The molecule has 0 aliphatic carbocycles. The maximum Gasteiger partial charge on any atom is 0.295 e. The summed E-state index contributed by atoms with van der Waals surface area (Å²) in [5.74, 6) is -0.864. The van der Waals surface area contributed by atoms with Gasteiger partial charge in [-0.15, -0.1) is 0 Å². The number of pyridine rings is 1. The first-order valence-electron chi connectivity index (χ1n) is 10.4. The van der Waals surface area contributed by atoms with Crippen LogP contribution in [0.25, 0.3) is 5.76 Å². The van der Waals surface area contributed by atoms with Crippen molar-refractivity contribution in [1.82, 2.24) is 9.88 Å².